The molecule has 3 heterocycles. The topological polar surface area (TPSA) is 41.9 Å². The van der Waals surface area contributed by atoms with E-state index >= 15 is 0 Å². The van der Waals surface area contributed by atoms with Crippen LogP contribution in [0.5, 0.6) is 5.75 Å². The highest BCUT2D eigenvalue weighted by molar-refractivity contribution is 5.22. The monoisotopic (exact) mass is 321 g/mol. The molecule has 0 unspecified atom stereocenters. The maximum atomic E-state index is 12.8. The first-order valence-electron chi connectivity index (χ1n) is 8.60. The van der Waals surface area contributed by atoms with Crippen LogP contribution < -0.4 is 4.74 Å². The zero-order chi connectivity index (χ0) is 15.9. The lowest BCUT2D eigenvalue weighted by atomic mass is 9.74. The molecular weight excluding hydrogens is 297 g/mol. The van der Waals surface area contributed by atoms with Gasteiger partial charge in [0.25, 0.3) is 0 Å². The van der Waals surface area contributed by atoms with Gasteiger partial charge in [-0.3, -0.25) is 4.90 Å². The summed E-state index contributed by atoms with van der Waals surface area (Å²) in [4.78, 5) is 2.45. The Morgan fingerprint density at radius 2 is 2.17 bits per heavy atom. The SMILES string of the molecule is OC[C@H]1[C@H]2CN(CCCOc3ccc(F)cc3)C[C@]23CC[C@H]1O3. The number of hydrogen-bond donors (Lipinski definition) is 1. The van der Waals surface area contributed by atoms with E-state index in [0.717, 1.165) is 38.9 Å². The van der Waals surface area contributed by atoms with E-state index in [2.05, 4.69) is 4.90 Å². The van der Waals surface area contributed by atoms with Gasteiger partial charge < -0.3 is 14.6 Å². The molecule has 126 valence electrons. The lowest BCUT2D eigenvalue weighted by molar-refractivity contribution is 0.000740. The molecular formula is C18H24FNO3. The average molecular weight is 321 g/mol. The van der Waals surface area contributed by atoms with Gasteiger partial charge >= 0.3 is 0 Å². The maximum Gasteiger partial charge on any atom is 0.123 e. The lowest BCUT2D eigenvalue weighted by Crippen LogP contribution is -2.37. The molecule has 1 aromatic rings. The first-order chi connectivity index (χ1) is 11.2. The molecule has 1 aromatic carbocycles. The molecule has 5 heteroatoms. The van der Waals surface area contributed by atoms with Crippen LogP contribution in [-0.4, -0.2) is 54.6 Å². The molecule has 4 rings (SSSR count). The number of nitrogens with zero attached hydrogens (tertiary/aromatic N) is 1. The molecule has 0 aliphatic carbocycles. The lowest BCUT2D eigenvalue weighted by Gasteiger charge is -2.28. The van der Waals surface area contributed by atoms with E-state index in [0.29, 0.717) is 24.2 Å². The number of halogens is 1. The van der Waals surface area contributed by atoms with E-state index in [9.17, 15) is 9.50 Å². The van der Waals surface area contributed by atoms with Crippen LogP contribution in [0.25, 0.3) is 0 Å². The third-order valence-electron chi connectivity index (χ3n) is 5.77. The molecule has 1 N–H and O–H groups in total. The molecule has 0 aromatic heterocycles. The van der Waals surface area contributed by atoms with Gasteiger partial charge in [0.2, 0.25) is 0 Å². The standard InChI is InChI=1S/C18H24FNO3/c19-13-2-4-14(5-3-13)22-9-1-8-20-10-16-15(11-21)17-6-7-18(16,12-20)23-17/h2-5,15-17,21H,1,6-12H2/t15-,16+,17+,18+/m0/s1. The summed E-state index contributed by atoms with van der Waals surface area (Å²) < 4.78 is 24.7. The molecule has 3 saturated heterocycles. The van der Waals surface area contributed by atoms with Crippen molar-refractivity contribution in [3.05, 3.63) is 30.1 Å². The molecule has 0 saturated carbocycles. The van der Waals surface area contributed by atoms with E-state index in [1.165, 1.54) is 12.1 Å². The molecule has 0 radical (unpaired) electrons. The highest BCUT2D eigenvalue weighted by atomic mass is 19.1. The fraction of sp³-hybridized carbons (Fsp3) is 0.667. The molecule has 23 heavy (non-hydrogen) atoms. The van der Waals surface area contributed by atoms with Crippen molar-refractivity contribution in [2.24, 2.45) is 11.8 Å². The Morgan fingerprint density at radius 1 is 1.35 bits per heavy atom. The Hall–Kier alpha value is -1.17. The number of likely N-dealkylation sites (tertiary alicyclic amines) is 1. The summed E-state index contributed by atoms with van der Waals surface area (Å²) in [6, 6.07) is 6.15. The van der Waals surface area contributed by atoms with Crippen molar-refractivity contribution in [3.63, 3.8) is 0 Å². The Bertz CT molecular complexity index is 552. The number of fused-ring (bicyclic) bond motifs is 1. The second-order valence-corrected chi connectivity index (χ2v) is 7.10. The zero-order valence-corrected chi connectivity index (χ0v) is 13.3. The second kappa shape index (κ2) is 6.04. The van der Waals surface area contributed by atoms with Gasteiger partial charge in [0.15, 0.2) is 0 Å². The van der Waals surface area contributed by atoms with Gasteiger partial charge in [0, 0.05) is 38.1 Å². The van der Waals surface area contributed by atoms with Crippen LogP contribution in [0.1, 0.15) is 19.3 Å². The van der Waals surface area contributed by atoms with Crippen LogP contribution in [0.15, 0.2) is 24.3 Å². The zero-order valence-electron chi connectivity index (χ0n) is 13.3. The normalized spacial score (nSPS) is 35.7. The van der Waals surface area contributed by atoms with Crippen molar-refractivity contribution in [1.82, 2.24) is 4.90 Å². The van der Waals surface area contributed by atoms with Crippen molar-refractivity contribution in [2.75, 3.05) is 32.8 Å². The largest absolute Gasteiger partial charge is 0.494 e. The van der Waals surface area contributed by atoms with Crippen molar-refractivity contribution < 1.29 is 19.0 Å². The summed E-state index contributed by atoms with van der Waals surface area (Å²) in [6.07, 6.45) is 3.46. The van der Waals surface area contributed by atoms with Crippen LogP contribution >= 0.6 is 0 Å². The summed E-state index contributed by atoms with van der Waals surface area (Å²) in [6.45, 7) is 3.87. The molecule has 4 atom stereocenters. The minimum Gasteiger partial charge on any atom is -0.494 e. The summed E-state index contributed by atoms with van der Waals surface area (Å²) in [7, 11) is 0. The highest BCUT2D eigenvalue weighted by Crippen LogP contribution is 2.54. The van der Waals surface area contributed by atoms with Crippen LogP contribution in [0, 0.1) is 17.7 Å². The van der Waals surface area contributed by atoms with E-state index < -0.39 is 0 Å². The van der Waals surface area contributed by atoms with E-state index in [1.54, 1.807) is 12.1 Å². The van der Waals surface area contributed by atoms with Crippen molar-refractivity contribution >= 4 is 0 Å². The number of ether oxygens (including phenoxy) is 2. The summed E-state index contributed by atoms with van der Waals surface area (Å²) >= 11 is 0. The molecule has 4 nitrogen and oxygen atoms in total. The Labute approximate surface area is 136 Å². The minimum atomic E-state index is -0.242. The predicted molar refractivity (Wildman–Crippen MR) is 83.9 cm³/mol. The van der Waals surface area contributed by atoms with Crippen LogP contribution in [0.2, 0.25) is 0 Å². The second-order valence-electron chi connectivity index (χ2n) is 7.10. The number of rotatable bonds is 6. The fourth-order valence-electron chi connectivity index (χ4n) is 4.71. The Morgan fingerprint density at radius 3 is 2.96 bits per heavy atom. The molecule has 3 aliphatic rings. The predicted octanol–water partition coefficient (Wildman–Crippen LogP) is 2.07. The highest BCUT2D eigenvalue weighted by Gasteiger charge is 2.62. The molecule has 0 amide bonds. The minimum absolute atomic E-state index is 0.00980. The van der Waals surface area contributed by atoms with Crippen molar-refractivity contribution in [2.45, 2.75) is 31.0 Å². The molecule has 3 fully saturated rings. The van der Waals surface area contributed by atoms with E-state index in [1.807, 2.05) is 0 Å². The Balaban J connectivity index is 1.25. The van der Waals surface area contributed by atoms with Crippen LogP contribution in [-0.2, 0) is 4.74 Å². The summed E-state index contributed by atoms with van der Waals surface area (Å²) in [5, 5.41) is 9.63. The van der Waals surface area contributed by atoms with Crippen molar-refractivity contribution in [3.8, 4) is 5.75 Å². The third kappa shape index (κ3) is 2.75. The Kier molecular flexibility index (Phi) is 4.03. The molecule has 2 bridgehead atoms. The van der Waals surface area contributed by atoms with Gasteiger partial charge in [0.05, 0.1) is 18.3 Å². The van der Waals surface area contributed by atoms with Crippen LogP contribution in [0.3, 0.4) is 0 Å². The number of hydrogen-bond acceptors (Lipinski definition) is 4. The maximum absolute atomic E-state index is 12.8. The number of benzene rings is 1. The number of aliphatic hydroxyl groups is 1. The first kappa shape index (κ1) is 15.4. The van der Waals surface area contributed by atoms with Gasteiger partial charge in [-0.2, -0.15) is 0 Å². The quantitative estimate of drug-likeness (QED) is 0.815. The smallest absolute Gasteiger partial charge is 0.123 e. The van der Waals surface area contributed by atoms with Gasteiger partial charge in [-0.25, -0.2) is 4.39 Å². The molecule has 3 aliphatic heterocycles. The van der Waals surface area contributed by atoms with Crippen molar-refractivity contribution in [1.29, 1.82) is 0 Å². The van der Waals surface area contributed by atoms with E-state index in [4.69, 9.17) is 9.47 Å². The first-order valence-corrected chi connectivity index (χ1v) is 8.60. The van der Waals surface area contributed by atoms with Gasteiger partial charge in [-0.05, 0) is 43.5 Å². The van der Waals surface area contributed by atoms with Gasteiger partial charge in [-0.1, -0.05) is 0 Å². The van der Waals surface area contributed by atoms with Crippen LogP contribution in [0.4, 0.5) is 4.39 Å². The summed E-state index contributed by atoms with van der Waals surface area (Å²) in [5.41, 5.74) is 0.00980. The van der Waals surface area contributed by atoms with Gasteiger partial charge in [0.1, 0.15) is 11.6 Å². The van der Waals surface area contributed by atoms with Gasteiger partial charge in [-0.15, -0.1) is 0 Å². The number of aliphatic hydroxyl groups excluding tert-OH is 1. The third-order valence-corrected chi connectivity index (χ3v) is 5.77. The van der Waals surface area contributed by atoms with E-state index in [-0.39, 0.29) is 24.1 Å². The molecule has 1 spiro atoms. The average Bonchev–Trinajstić information content (AvgIpc) is 3.20. The fourth-order valence-corrected chi connectivity index (χ4v) is 4.71. The summed E-state index contributed by atoms with van der Waals surface area (Å²) in [5.74, 6) is 1.28.